The fourth-order valence-corrected chi connectivity index (χ4v) is 2.65. The highest BCUT2D eigenvalue weighted by Gasteiger charge is 2.31. The first kappa shape index (κ1) is 15.0. The van der Waals surface area contributed by atoms with E-state index in [0.29, 0.717) is 6.54 Å². The van der Waals surface area contributed by atoms with Crippen LogP contribution in [0.4, 0.5) is 0 Å². The molecule has 0 saturated carbocycles. The number of methoxy groups -OCH3 is 1. The maximum absolute atomic E-state index is 12.1. The van der Waals surface area contributed by atoms with Gasteiger partial charge in [-0.1, -0.05) is 23.8 Å². The van der Waals surface area contributed by atoms with E-state index in [1.54, 1.807) is 7.11 Å². The number of carbonyl (C=O) groups excluding carboxylic acids is 1. The quantitative estimate of drug-likeness (QED) is 0.810. The van der Waals surface area contributed by atoms with E-state index in [9.17, 15) is 4.79 Å². The van der Waals surface area contributed by atoms with Gasteiger partial charge in [0, 0.05) is 20.3 Å². The second-order valence-electron chi connectivity index (χ2n) is 5.43. The minimum absolute atomic E-state index is 0.0185. The smallest absolute Gasteiger partial charge is 0.238 e. The normalized spacial score (nSPS) is 18.9. The molecular weight excluding hydrogens is 252 g/mol. The van der Waals surface area contributed by atoms with Crippen LogP contribution in [0, 0.1) is 13.8 Å². The molecule has 1 aliphatic rings. The Morgan fingerprint density at radius 3 is 2.90 bits per heavy atom. The van der Waals surface area contributed by atoms with Crippen LogP contribution in [0.1, 0.15) is 35.7 Å². The third-order valence-corrected chi connectivity index (χ3v) is 3.81. The van der Waals surface area contributed by atoms with E-state index in [1.807, 2.05) is 4.90 Å². The van der Waals surface area contributed by atoms with Gasteiger partial charge in [-0.05, 0) is 37.8 Å². The highest BCUT2D eigenvalue weighted by Crippen LogP contribution is 2.26. The molecule has 0 radical (unpaired) electrons. The van der Waals surface area contributed by atoms with Crippen LogP contribution < -0.4 is 5.32 Å². The van der Waals surface area contributed by atoms with Crippen molar-refractivity contribution < 1.29 is 9.53 Å². The molecule has 1 aromatic rings. The Bertz CT molecular complexity index is 474. The van der Waals surface area contributed by atoms with Crippen molar-refractivity contribution in [1.29, 1.82) is 0 Å². The summed E-state index contributed by atoms with van der Waals surface area (Å²) in [6.07, 6.45) is 1.98. The lowest BCUT2D eigenvalue weighted by atomic mass is 10.0. The Labute approximate surface area is 121 Å². The van der Waals surface area contributed by atoms with Gasteiger partial charge in [0.1, 0.15) is 6.17 Å². The van der Waals surface area contributed by atoms with E-state index in [0.717, 1.165) is 26.0 Å². The van der Waals surface area contributed by atoms with Gasteiger partial charge < -0.3 is 9.64 Å². The second kappa shape index (κ2) is 6.86. The fraction of sp³-hybridized carbons (Fsp3) is 0.562. The molecule has 0 spiro atoms. The number of carbonyl (C=O) groups is 1. The predicted molar refractivity (Wildman–Crippen MR) is 79.5 cm³/mol. The lowest BCUT2D eigenvalue weighted by molar-refractivity contribution is -0.128. The van der Waals surface area contributed by atoms with E-state index < -0.39 is 0 Å². The zero-order valence-corrected chi connectivity index (χ0v) is 12.6. The average molecular weight is 276 g/mol. The van der Waals surface area contributed by atoms with Gasteiger partial charge in [0.25, 0.3) is 0 Å². The number of nitrogens with zero attached hydrogens (tertiary/aromatic N) is 1. The standard InChI is InChI=1S/C16H24N2O2/c1-12-6-7-13(2)14(10-12)16-17-11-15(19)18(16)8-4-5-9-20-3/h6-7,10,16-17H,4-5,8-9,11H2,1-3H3. The molecule has 0 bridgehead atoms. The average Bonchev–Trinajstić information content (AvgIpc) is 2.79. The Kier molecular flexibility index (Phi) is 5.15. The molecular formula is C16H24N2O2. The van der Waals surface area contributed by atoms with Crippen LogP contribution in [-0.2, 0) is 9.53 Å². The van der Waals surface area contributed by atoms with Gasteiger partial charge in [0.2, 0.25) is 5.91 Å². The Morgan fingerprint density at radius 2 is 2.15 bits per heavy atom. The molecule has 0 aromatic heterocycles. The largest absolute Gasteiger partial charge is 0.385 e. The molecule has 4 heteroatoms. The first-order valence-corrected chi connectivity index (χ1v) is 7.22. The van der Waals surface area contributed by atoms with Crippen molar-refractivity contribution in [2.45, 2.75) is 32.9 Å². The number of nitrogens with one attached hydrogen (secondary N) is 1. The van der Waals surface area contributed by atoms with Crippen LogP contribution in [-0.4, -0.2) is 37.6 Å². The van der Waals surface area contributed by atoms with Gasteiger partial charge in [-0.3, -0.25) is 10.1 Å². The van der Waals surface area contributed by atoms with Gasteiger partial charge >= 0.3 is 0 Å². The summed E-state index contributed by atoms with van der Waals surface area (Å²) in [6.45, 7) is 6.16. The third kappa shape index (κ3) is 3.38. The molecule has 1 aromatic carbocycles. The summed E-state index contributed by atoms with van der Waals surface area (Å²) in [4.78, 5) is 14.0. The number of ether oxygens (including phenoxy) is 1. The van der Waals surface area contributed by atoms with E-state index in [-0.39, 0.29) is 12.1 Å². The zero-order valence-electron chi connectivity index (χ0n) is 12.6. The van der Waals surface area contributed by atoms with Crippen molar-refractivity contribution >= 4 is 5.91 Å². The van der Waals surface area contributed by atoms with E-state index >= 15 is 0 Å². The van der Waals surface area contributed by atoms with Crippen molar-refractivity contribution in [3.63, 3.8) is 0 Å². The molecule has 1 atom stereocenters. The Hall–Kier alpha value is -1.39. The molecule has 1 N–H and O–H groups in total. The number of hydrogen-bond donors (Lipinski definition) is 1. The minimum atomic E-state index is 0.0185. The van der Waals surface area contributed by atoms with Crippen molar-refractivity contribution in [3.8, 4) is 0 Å². The fourth-order valence-electron chi connectivity index (χ4n) is 2.65. The van der Waals surface area contributed by atoms with Gasteiger partial charge in [-0.25, -0.2) is 0 Å². The van der Waals surface area contributed by atoms with Crippen LogP contribution in [0.25, 0.3) is 0 Å². The molecule has 1 amide bonds. The number of amides is 1. The topological polar surface area (TPSA) is 41.6 Å². The molecule has 1 saturated heterocycles. The molecule has 1 heterocycles. The molecule has 1 fully saturated rings. The van der Waals surface area contributed by atoms with Crippen molar-refractivity contribution in [1.82, 2.24) is 10.2 Å². The highest BCUT2D eigenvalue weighted by atomic mass is 16.5. The van der Waals surface area contributed by atoms with Gasteiger partial charge in [0.05, 0.1) is 6.54 Å². The summed E-state index contributed by atoms with van der Waals surface area (Å²) < 4.78 is 5.06. The van der Waals surface area contributed by atoms with Crippen LogP contribution in [0.5, 0.6) is 0 Å². The molecule has 0 aliphatic carbocycles. The van der Waals surface area contributed by atoms with Gasteiger partial charge in [-0.2, -0.15) is 0 Å². The van der Waals surface area contributed by atoms with E-state index in [1.165, 1.54) is 16.7 Å². The number of benzene rings is 1. The zero-order chi connectivity index (χ0) is 14.5. The third-order valence-electron chi connectivity index (χ3n) is 3.81. The number of aryl methyl sites for hydroxylation is 2. The molecule has 110 valence electrons. The SMILES string of the molecule is COCCCCN1C(=O)CNC1c1cc(C)ccc1C. The lowest BCUT2D eigenvalue weighted by Gasteiger charge is -2.26. The highest BCUT2D eigenvalue weighted by molar-refractivity contribution is 5.81. The molecule has 2 rings (SSSR count). The number of unbranched alkanes of at least 4 members (excludes halogenated alkanes) is 1. The maximum atomic E-state index is 12.1. The van der Waals surface area contributed by atoms with Crippen molar-refractivity contribution in [2.24, 2.45) is 0 Å². The number of hydrogen-bond acceptors (Lipinski definition) is 3. The molecule has 20 heavy (non-hydrogen) atoms. The first-order valence-electron chi connectivity index (χ1n) is 7.22. The second-order valence-corrected chi connectivity index (χ2v) is 5.43. The summed E-state index contributed by atoms with van der Waals surface area (Å²) in [5.41, 5.74) is 3.67. The van der Waals surface area contributed by atoms with Crippen LogP contribution in [0.3, 0.4) is 0 Å². The van der Waals surface area contributed by atoms with Gasteiger partial charge in [-0.15, -0.1) is 0 Å². The van der Waals surface area contributed by atoms with Crippen molar-refractivity contribution in [3.05, 3.63) is 34.9 Å². The van der Waals surface area contributed by atoms with Crippen molar-refractivity contribution in [2.75, 3.05) is 26.8 Å². The predicted octanol–water partition coefficient (Wildman–Crippen LogP) is 2.16. The first-order chi connectivity index (χ1) is 9.63. The summed E-state index contributed by atoms with van der Waals surface area (Å²) in [6, 6.07) is 6.41. The molecule has 1 aliphatic heterocycles. The van der Waals surface area contributed by atoms with E-state index in [4.69, 9.17) is 4.74 Å². The minimum Gasteiger partial charge on any atom is -0.385 e. The Morgan fingerprint density at radius 1 is 1.35 bits per heavy atom. The lowest BCUT2D eigenvalue weighted by Crippen LogP contribution is -2.31. The van der Waals surface area contributed by atoms with Gasteiger partial charge in [0.15, 0.2) is 0 Å². The summed E-state index contributed by atoms with van der Waals surface area (Å²) >= 11 is 0. The summed E-state index contributed by atoms with van der Waals surface area (Å²) in [5, 5.41) is 3.33. The number of rotatable bonds is 6. The van der Waals surface area contributed by atoms with Crippen LogP contribution in [0.15, 0.2) is 18.2 Å². The summed E-state index contributed by atoms with van der Waals surface area (Å²) in [5.74, 6) is 0.188. The molecule has 4 nitrogen and oxygen atoms in total. The van der Waals surface area contributed by atoms with E-state index in [2.05, 4.69) is 37.4 Å². The monoisotopic (exact) mass is 276 g/mol. The van der Waals surface area contributed by atoms with Crippen LogP contribution in [0.2, 0.25) is 0 Å². The maximum Gasteiger partial charge on any atom is 0.238 e. The molecule has 1 unspecified atom stereocenters. The van der Waals surface area contributed by atoms with Crippen LogP contribution >= 0.6 is 0 Å². The summed E-state index contributed by atoms with van der Waals surface area (Å²) in [7, 11) is 1.71. The Balaban J connectivity index is 2.09.